The number of hydrogen-bond donors (Lipinski definition) is 0. The van der Waals surface area contributed by atoms with Gasteiger partial charge in [0.05, 0.1) is 31.4 Å². The minimum atomic E-state index is -0.444. The van der Waals surface area contributed by atoms with Crippen molar-refractivity contribution < 1.29 is 19.1 Å². The molecule has 4 aliphatic heterocycles. The van der Waals surface area contributed by atoms with E-state index in [-0.39, 0.29) is 48.1 Å². The van der Waals surface area contributed by atoms with Gasteiger partial charge in [-0.1, -0.05) is 60.7 Å². The average Bonchev–Trinajstić information content (AvgIpc) is 3.59. The number of fused-ring (bicyclic) bond motifs is 2. The molecule has 4 heterocycles. The normalized spacial score (nSPS) is 35.1. The summed E-state index contributed by atoms with van der Waals surface area (Å²) in [5.41, 5.74) is 1.88. The predicted molar refractivity (Wildman–Crippen MR) is 117 cm³/mol. The lowest BCUT2D eigenvalue weighted by atomic mass is 9.76. The molecule has 2 aromatic rings. The Hall–Kier alpha value is -3.21. The molecule has 4 saturated heterocycles. The van der Waals surface area contributed by atoms with E-state index in [0.717, 1.165) is 11.1 Å². The topological polar surface area (TPSA) is 82.9 Å². The highest BCUT2D eigenvalue weighted by atomic mass is 16.5. The fourth-order valence-corrected chi connectivity index (χ4v) is 6.33. The highest BCUT2D eigenvalue weighted by Crippen LogP contribution is 2.52. The van der Waals surface area contributed by atoms with Crippen molar-refractivity contribution in [3.05, 3.63) is 71.8 Å². The first-order valence-electron chi connectivity index (χ1n) is 11.5. The molecule has 0 aliphatic carbocycles. The summed E-state index contributed by atoms with van der Waals surface area (Å²) in [6.07, 6.45) is -0.282. The van der Waals surface area contributed by atoms with Crippen molar-refractivity contribution in [3.63, 3.8) is 0 Å². The Bertz CT molecular complexity index is 1100. The first kappa shape index (κ1) is 20.4. The van der Waals surface area contributed by atoms with Gasteiger partial charge in [-0.15, -0.1) is 0 Å². The second-order valence-electron chi connectivity index (χ2n) is 9.29. The summed E-state index contributed by atoms with van der Waals surface area (Å²) >= 11 is 0. The van der Waals surface area contributed by atoms with Crippen LogP contribution in [0.2, 0.25) is 0 Å². The summed E-state index contributed by atoms with van der Waals surface area (Å²) in [6, 6.07) is 21.4. The van der Waals surface area contributed by atoms with Crippen LogP contribution in [0, 0.1) is 29.1 Å². The van der Waals surface area contributed by atoms with Gasteiger partial charge in [-0.3, -0.25) is 9.59 Å². The third kappa shape index (κ3) is 3.09. The Morgan fingerprint density at radius 3 is 2.03 bits per heavy atom. The Balaban J connectivity index is 1.31. The molecular weight excluding hydrogens is 418 g/mol. The SMILES string of the molecule is N#CC[C@H]1[C@H]([C@H]2CC(=O)N3[C@@H](c4ccccc4)OC[C@H]23)C(=O)N2[C@@H](c3ccccc3)OC[C@H]12. The van der Waals surface area contributed by atoms with E-state index in [4.69, 9.17) is 9.47 Å². The number of carbonyl (C=O) groups is 2. The molecule has 2 aromatic carbocycles. The average molecular weight is 444 g/mol. The van der Waals surface area contributed by atoms with Gasteiger partial charge >= 0.3 is 0 Å². The Morgan fingerprint density at radius 2 is 1.42 bits per heavy atom. The third-order valence-corrected chi connectivity index (χ3v) is 7.71. The van der Waals surface area contributed by atoms with E-state index in [9.17, 15) is 14.9 Å². The van der Waals surface area contributed by atoms with Crippen molar-refractivity contribution in [2.24, 2.45) is 17.8 Å². The van der Waals surface area contributed by atoms with Gasteiger partial charge < -0.3 is 19.3 Å². The summed E-state index contributed by atoms with van der Waals surface area (Å²) in [7, 11) is 0. The molecule has 7 atom stereocenters. The Labute approximate surface area is 192 Å². The summed E-state index contributed by atoms with van der Waals surface area (Å²) in [6.45, 7) is 0.814. The van der Waals surface area contributed by atoms with Crippen LogP contribution in [0.1, 0.15) is 36.4 Å². The summed E-state index contributed by atoms with van der Waals surface area (Å²) < 4.78 is 12.1. The quantitative estimate of drug-likeness (QED) is 0.726. The van der Waals surface area contributed by atoms with Gasteiger partial charge in [-0.25, -0.2) is 0 Å². The Kier molecular flexibility index (Phi) is 4.93. The van der Waals surface area contributed by atoms with Crippen LogP contribution in [0.4, 0.5) is 0 Å². The maximum atomic E-state index is 13.9. The van der Waals surface area contributed by atoms with Gasteiger partial charge in [0.25, 0.3) is 0 Å². The number of nitriles is 1. The van der Waals surface area contributed by atoms with Crippen LogP contribution in [-0.2, 0) is 19.1 Å². The van der Waals surface area contributed by atoms with Crippen LogP contribution in [0.5, 0.6) is 0 Å². The molecule has 4 aliphatic rings. The third-order valence-electron chi connectivity index (χ3n) is 7.71. The highest BCUT2D eigenvalue weighted by Gasteiger charge is 2.61. The maximum Gasteiger partial charge on any atom is 0.229 e. The van der Waals surface area contributed by atoms with E-state index < -0.39 is 12.5 Å². The molecular formula is C26H25N3O4. The van der Waals surface area contributed by atoms with Gasteiger partial charge in [0.1, 0.15) is 0 Å². The zero-order valence-corrected chi connectivity index (χ0v) is 18.1. The van der Waals surface area contributed by atoms with Gasteiger partial charge in [0.2, 0.25) is 11.8 Å². The van der Waals surface area contributed by atoms with Crippen LogP contribution in [0.15, 0.2) is 60.7 Å². The number of carbonyl (C=O) groups excluding carboxylic acids is 2. The number of nitrogens with zero attached hydrogens (tertiary/aromatic N) is 3. The van der Waals surface area contributed by atoms with Crippen LogP contribution < -0.4 is 0 Å². The molecule has 7 heteroatoms. The summed E-state index contributed by atoms with van der Waals surface area (Å²) in [5.74, 6) is -0.706. The molecule has 0 spiro atoms. The zero-order valence-electron chi connectivity index (χ0n) is 18.1. The van der Waals surface area contributed by atoms with Gasteiger partial charge in [-0.05, 0) is 0 Å². The number of rotatable bonds is 4. The molecule has 0 aromatic heterocycles. The highest BCUT2D eigenvalue weighted by molar-refractivity contribution is 5.86. The van der Waals surface area contributed by atoms with E-state index >= 15 is 0 Å². The minimum Gasteiger partial charge on any atom is -0.352 e. The first-order valence-corrected chi connectivity index (χ1v) is 11.5. The monoisotopic (exact) mass is 443 g/mol. The van der Waals surface area contributed by atoms with E-state index in [1.165, 1.54) is 0 Å². The van der Waals surface area contributed by atoms with Crippen molar-refractivity contribution in [1.29, 1.82) is 5.26 Å². The van der Waals surface area contributed by atoms with E-state index in [0.29, 0.717) is 19.6 Å². The second-order valence-corrected chi connectivity index (χ2v) is 9.29. The molecule has 0 N–H and O–H groups in total. The van der Waals surface area contributed by atoms with Gasteiger partial charge in [0, 0.05) is 41.7 Å². The smallest absolute Gasteiger partial charge is 0.229 e. The van der Waals surface area contributed by atoms with Crippen molar-refractivity contribution >= 4 is 11.8 Å². The van der Waals surface area contributed by atoms with E-state index in [1.54, 1.807) is 0 Å². The standard InChI is InChI=1S/C26H25N3O4/c27-12-11-18-20-14-33-26(17-9-5-2-6-10-17)29(20)24(31)23(18)19-13-22(30)28-21(19)15-32-25(28)16-7-3-1-4-8-16/h1-10,18-21,23,25-26H,11,13-15H2/t18-,19+,20-,21-,23-,25-,26-/m1/s1. The van der Waals surface area contributed by atoms with E-state index in [2.05, 4.69) is 6.07 Å². The van der Waals surface area contributed by atoms with Crippen LogP contribution >= 0.6 is 0 Å². The van der Waals surface area contributed by atoms with Crippen LogP contribution in [0.25, 0.3) is 0 Å². The van der Waals surface area contributed by atoms with Crippen LogP contribution in [-0.4, -0.2) is 46.9 Å². The lowest BCUT2D eigenvalue weighted by molar-refractivity contribution is -0.139. The van der Waals surface area contributed by atoms with Crippen molar-refractivity contribution in [2.45, 2.75) is 37.4 Å². The molecule has 33 heavy (non-hydrogen) atoms. The summed E-state index contributed by atoms with van der Waals surface area (Å²) in [4.78, 5) is 30.7. The molecule has 4 fully saturated rings. The van der Waals surface area contributed by atoms with Crippen molar-refractivity contribution in [1.82, 2.24) is 9.80 Å². The van der Waals surface area contributed by atoms with Crippen LogP contribution in [0.3, 0.4) is 0 Å². The number of benzene rings is 2. The lowest BCUT2D eigenvalue weighted by Gasteiger charge is -2.28. The van der Waals surface area contributed by atoms with E-state index in [1.807, 2.05) is 70.5 Å². The maximum absolute atomic E-state index is 13.9. The van der Waals surface area contributed by atoms with Crippen molar-refractivity contribution in [3.8, 4) is 6.07 Å². The molecule has 0 radical (unpaired) electrons. The molecule has 0 saturated carbocycles. The zero-order chi connectivity index (χ0) is 22.5. The predicted octanol–water partition coefficient (Wildman–Crippen LogP) is 3.02. The fourth-order valence-electron chi connectivity index (χ4n) is 6.33. The lowest BCUT2D eigenvalue weighted by Crippen LogP contribution is -2.39. The second kappa shape index (κ2) is 7.98. The molecule has 0 bridgehead atoms. The molecule has 7 nitrogen and oxygen atoms in total. The first-order chi connectivity index (χ1) is 16.2. The summed E-state index contributed by atoms with van der Waals surface area (Å²) in [5, 5.41) is 9.58. The molecule has 2 amide bonds. The number of hydrogen-bond acceptors (Lipinski definition) is 5. The number of amides is 2. The van der Waals surface area contributed by atoms with Gasteiger partial charge in [-0.2, -0.15) is 5.26 Å². The molecule has 6 rings (SSSR count). The fraction of sp³-hybridized carbons (Fsp3) is 0.423. The molecule has 168 valence electrons. The Morgan fingerprint density at radius 1 is 0.848 bits per heavy atom. The molecule has 0 unspecified atom stereocenters. The van der Waals surface area contributed by atoms with Gasteiger partial charge in [0.15, 0.2) is 12.5 Å². The van der Waals surface area contributed by atoms with Crippen molar-refractivity contribution in [2.75, 3.05) is 13.2 Å². The number of ether oxygens (including phenoxy) is 2. The minimum absolute atomic E-state index is 0.00517. The largest absolute Gasteiger partial charge is 0.352 e.